The second-order valence-electron chi connectivity index (χ2n) is 6.23. The van der Waals surface area contributed by atoms with Crippen LogP contribution in [0, 0.1) is 5.92 Å². The summed E-state index contributed by atoms with van der Waals surface area (Å²) in [5.41, 5.74) is 0.482. The number of carbonyl (C=O) groups is 2. The molecule has 1 aliphatic rings. The van der Waals surface area contributed by atoms with E-state index in [1.807, 2.05) is 6.92 Å². The molecule has 0 spiro atoms. The van der Waals surface area contributed by atoms with Gasteiger partial charge in [-0.15, -0.1) is 0 Å². The van der Waals surface area contributed by atoms with Gasteiger partial charge in [-0.1, -0.05) is 0 Å². The van der Waals surface area contributed by atoms with Gasteiger partial charge in [0.2, 0.25) is 11.7 Å². The van der Waals surface area contributed by atoms with E-state index in [-0.39, 0.29) is 17.7 Å². The van der Waals surface area contributed by atoms with Gasteiger partial charge in [0.15, 0.2) is 11.5 Å². The zero-order valence-electron chi connectivity index (χ0n) is 16.0. The van der Waals surface area contributed by atoms with Crippen molar-refractivity contribution >= 4 is 11.8 Å². The zero-order valence-corrected chi connectivity index (χ0v) is 16.0. The SMILES string of the molecule is CCNC(=O)C1CCCN(C(=O)c2cc(OC)c(OC)c(OC)c2)CC1. The predicted molar refractivity (Wildman–Crippen MR) is 98.0 cm³/mol. The van der Waals surface area contributed by atoms with E-state index in [0.29, 0.717) is 48.9 Å². The van der Waals surface area contributed by atoms with Gasteiger partial charge in [-0.25, -0.2) is 0 Å². The van der Waals surface area contributed by atoms with Crippen molar-refractivity contribution in [3.63, 3.8) is 0 Å². The van der Waals surface area contributed by atoms with Gasteiger partial charge in [-0.2, -0.15) is 0 Å². The number of hydrogen-bond acceptors (Lipinski definition) is 5. The number of likely N-dealkylation sites (tertiary alicyclic amines) is 1. The van der Waals surface area contributed by atoms with E-state index < -0.39 is 0 Å². The van der Waals surface area contributed by atoms with Crippen molar-refractivity contribution in [1.29, 1.82) is 0 Å². The number of nitrogens with zero attached hydrogens (tertiary/aromatic N) is 1. The summed E-state index contributed by atoms with van der Waals surface area (Å²) in [6, 6.07) is 3.33. The van der Waals surface area contributed by atoms with E-state index >= 15 is 0 Å². The Morgan fingerprint density at radius 2 is 1.73 bits per heavy atom. The van der Waals surface area contributed by atoms with Crippen molar-refractivity contribution in [2.75, 3.05) is 41.0 Å². The fourth-order valence-corrected chi connectivity index (χ4v) is 3.27. The summed E-state index contributed by atoms with van der Waals surface area (Å²) in [7, 11) is 4.57. The quantitative estimate of drug-likeness (QED) is 0.836. The summed E-state index contributed by atoms with van der Waals surface area (Å²) in [5.74, 6) is 1.30. The fraction of sp³-hybridized carbons (Fsp3) is 0.579. The second kappa shape index (κ2) is 9.31. The van der Waals surface area contributed by atoms with Crippen molar-refractivity contribution in [3.8, 4) is 17.2 Å². The smallest absolute Gasteiger partial charge is 0.254 e. The summed E-state index contributed by atoms with van der Waals surface area (Å²) in [6.45, 7) is 3.72. The van der Waals surface area contributed by atoms with Crippen molar-refractivity contribution in [2.45, 2.75) is 26.2 Å². The van der Waals surface area contributed by atoms with Gasteiger partial charge in [-0.3, -0.25) is 9.59 Å². The normalized spacial score (nSPS) is 17.2. The molecule has 2 amide bonds. The average molecular weight is 364 g/mol. The van der Waals surface area contributed by atoms with Crippen molar-refractivity contribution in [3.05, 3.63) is 17.7 Å². The first-order valence-electron chi connectivity index (χ1n) is 8.92. The fourth-order valence-electron chi connectivity index (χ4n) is 3.27. The Labute approximate surface area is 154 Å². The third kappa shape index (κ3) is 4.39. The van der Waals surface area contributed by atoms with Crippen LogP contribution in [0.15, 0.2) is 12.1 Å². The topological polar surface area (TPSA) is 77.1 Å². The lowest BCUT2D eigenvalue weighted by atomic mass is 10.00. The molecule has 1 saturated heterocycles. The number of methoxy groups -OCH3 is 3. The van der Waals surface area contributed by atoms with Gasteiger partial charge < -0.3 is 24.4 Å². The highest BCUT2D eigenvalue weighted by atomic mass is 16.5. The highest BCUT2D eigenvalue weighted by Crippen LogP contribution is 2.38. The Kier molecular flexibility index (Phi) is 7.12. The molecule has 0 saturated carbocycles. The Hall–Kier alpha value is -2.44. The summed E-state index contributed by atoms with van der Waals surface area (Å²) in [4.78, 5) is 26.8. The Bertz CT molecular complexity index is 622. The van der Waals surface area contributed by atoms with Gasteiger partial charge in [0, 0.05) is 31.1 Å². The molecule has 0 radical (unpaired) electrons. The van der Waals surface area contributed by atoms with Crippen LogP contribution in [0.25, 0.3) is 0 Å². The summed E-state index contributed by atoms with van der Waals surface area (Å²) in [5, 5.41) is 2.87. The number of amides is 2. The maximum absolute atomic E-state index is 13.0. The number of benzene rings is 1. The molecule has 0 aliphatic carbocycles. The molecule has 7 nitrogen and oxygen atoms in total. The van der Waals surface area contributed by atoms with Crippen LogP contribution in [-0.4, -0.2) is 57.7 Å². The molecule has 26 heavy (non-hydrogen) atoms. The predicted octanol–water partition coefficient (Wildman–Crippen LogP) is 2.09. The molecule has 1 aromatic rings. The maximum Gasteiger partial charge on any atom is 0.254 e. The molecule has 1 aliphatic heterocycles. The minimum atomic E-state index is -0.0965. The number of nitrogens with one attached hydrogen (secondary N) is 1. The molecule has 1 heterocycles. The minimum Gasteiger partial charge on any atom is -0.493 e. The maximum atomic E-state index is 13.0. The largest absolute Gasteiger partial charge is 0.493 e. The number of carbonyl (C=O) groups excluding carboxylic acids is 2. The summed E-state index contributed by atoms with van der Waals surface area (Å²) < 4.78 is 16.0. The van der Waals surface area contributed by atoms with Crippen LogP contribution in [0.3, 0.4) is 0 Å². The number of rotatable bonds is 6. The lowest BCUT2D eigenvalue weighted by Gasteiger charge is -2.22. The highest BCUT2D eigenvalue weighted by Gasteiger charge is 2.26. The number of ether oxygens (including phenoxy) is 3. The van der Waals surface area contributed by atoms with Crippen molar-refractivity contribution < 1.29 is 23.8 Å². The molecule has 1 N–H and O–H groups in total. The van der Waals surface area contributed by atoms with E-state index in [1.54, 1.807) is 17.0 Å². The van der Waals surface area contributed by atoms with Crippen LogP contribution < -0.4 is 19.5 Å². The van der Waals surface area contributed by atoms with Crippen LogP contribution >= 0.6 is 0 Å². The van der Waals surface area contributed by atoms with Gasteiger partial charge >= 0.3 is 0 Å². The molecule has 7 heteroatoms. The molecule has 0 bridgehead atoms. The van der Waals surface area contributed by atoms with Crippen LogP contribution in [0.1, 0.15) is 36.5 Å². The molecule has 1 atom stereocenters. The Morgan fingerprint density at radius 1 is 1.08 bits per heavy atom. The number of hydrogen-bond donors (Lipinski definition) is 1. The van der Waals surface area contributed by atoms with E-state index in [0.717, 1.165) is 12.8 Å². The van der Waals surface area contributed by atoms with E-state index in [9.17, 15) is 9.59 Å². The van der Waals surface area contributed by atoms with E-state index in [4.69, 9.17) is 14.2 Å². The van der Waals surface area contributed by atoms with Crippen LogP contribution in [-0.2, 0) is 4.79 Å². The molecular formula is C19H28N2O5. The third-order valence-corrected chi connectivity index (χ3v) is 4.65. The van der Waals surface area contributed by atoms with Crippen LogP contribution in [0.5, 0.6) is 17.2 Å². The summed E-state index contributed by atoms with van der Waals surface area (Å²) in [6.07, 6.45) is 2.27. The monoisotopic (exact) mass is 364 g/mol. The molecule has 1 fully saturated rings. The molecule has 0 aromatic heterocycles. The lowest BCUT2D eigenvalue weighted by Crippen LogP contribution is -2.34. The van der Waals surface area contributed by atoms with Gasteiger partial charge in [0.05, 0.1) is 21.3 Å². The van der Waals surface area contributed by atoms with Crippen molar-refractivity contribution in [1.82, 2.24) is 10.2 Å². The second-order valence-corrected chi connectivity index (χ2v) is 6.23. The van der Waals surface area contributed by atoms with Gasteiger partial charge in [0.1, 0.15) is 0 Å². The van der Waals surface area contributed by atoms with Crippen LogP contribution in [0.4, 0.5) is 0 Å². The first kappa shape index (κ1) is 19.9. The zero-order chi connectivity index (χ0) is 19.1. The van der Waals surface area contributed by atoms with Gasteiger partial charge in [-0.05, 0) is 38.3 Å². The van der Waals surface area contributed by atoms with E-state index in [1.165, 1.54) is 21.3 Å². The molecular weight excluding hydrogens is 336 g/mol. The van der Waals surface area contributed by atoms with Crippen LogP contribution in [0.2, 0.25) is 0 Å². The Morgan fingerprint density at radius 3 is 2.27 bits per heavy atom. The summed E-state index contributed by atoms with van der Waals surface area (Å²) >= 11 is 0. The Balaban J connectivity index is 2.17. The van der Waals surface area contributed by atoms with Gasteiger partial charge in [0.25, 0.3) is 5.91 Å². The molecule has 144 valence electrons. The molecule has 2 rings (SSSR count). The standard InChI is InChI=1S/C19H28N2O5/c1-5-20-18(22)13-7-6-9-21(10-8-13)19(23)14-11-15(24-2)17(26-4)16(12-14)25-3/h11-13H,5-10H2,1-4H3,(H,20,22). The third-order valence-electron chi connectivity index (χ3n) is 4.65. The minimum absolute atomic E-state index is 0.0345. The molecule has 1 aromatic carbocycles. The molecule has 1 unspecified atom stereocenters. The van der Waals surface area contributed by atoms with Crippen molar-refractivity contribution in [2.24, 2.45) is 5.92 Å². The first-order chi connectivity index (χ1) is 12.5. The van der Waals surface area contributed by atoms with E-state index in [2.05, 4.69) is 5.32 Å². The first-order valence-corrected chi connectivity index (χ1v) is 8.92. The average Bonchev–Trinajstić information content (AvgIpc) is 2.92. The lowest BCUT2D eigenvalue weighted by molar-refractivity contribution is -0.125. The highest BCUT2D eigenvalue weighted by molar-refractivity contribution is 5.95.